The van der Waals surface area contributed by atoms with E-state index in [0.29, 0.717) is 6.54 Å². The van der Waals surface area contributed by atoms with Crippen LogP contribution in [0.2, 0.25) is 0 Å². The first-order valence-electron chi connectivity index (χ1n) is 5.49. The van der Waals surface area contributed by atoms with E-state index in [1.807, 2.05) is 0 Å². The third kappa shape index (κ3) is 3.12. The van der Waals surface area contributed by atoms with Gasteiger partial charge in [-0.15, -0.1) is 10.2 Å². The molecule has 1 heterocycles. The van der Waals surface area contributed by atoms with Crippen molar-refractivity contribution in [3.05, 3.63) is 33.2 Å². The minimum Gasteiger partial charge on any atom is -0.330 e. The van der Waals surface area contributed by atoms with Crippen molar-refractivity contribution in [2.24, 2.45) is 5.73 Å². The standard InChI is InChI=1S/C12H14BrN3S/c1-8-4-5-9(7-10(8)13)12-16-15-11(17-12)3-2-6-14/h4-5,7H,2-3,6,14H2,1H3. The highest BCUT2D eigenvalue weighted by molar-refractivity contribution is 9.10. The third-order valence-corrected chi connectivity index (χ3v) is 4.37. The monoisotopic (exact) mass is 311 g/mol. The van der Waals surface area contributed by atoms with Gasteiger partial charge in [0.25, 0.3) is 0 Å². The van der Waals surface area contributed by atoms with Crippen molar-refractivity contribution in [2.45, 2.75) is 19.8 Å². The molecule has 1 aromatic carbocycles. The zero-order chi connectivity index (χ0) is 12.3. The summed E-state index contributed by atoms with van der Waals surface area (Å²) in [5, 5.41) is 10.4. The Bertz CT molecular complexity index is 510. The maximum absolute atomic E-state index is 5.48. The molecule has 2 aromatic rings. The molecule has 0 radical (unpaired) electrons. The van der Waals surface area contributed by atoms with Gasteiger partial charge in [-0.2, -0.15) is 0 Å². The first-order valence-corrected chi connectivity index (χ1v) is 7.10. The summed E-state index contributed by atoms with van der Waals surface area (Å²) in [6.07, 6.45) is 1.88. The summed E-state index contributed by atoms with van der Waals surface area (Å²) in [6.45, 7) is 2.77. The van der Waals surface area contributed by atoms with Gasteiger partial charge in [-0.1, -0.05) is 39.4 Å². The van der Waals surface area contributed by atoms with Gasteiger partial charge in [0.05, 0.1) is 0 Å². The predicted octanol–water partition coefficient (Wildman–Crippen LogP) is 3.17. The molecule has 0 aliphatic heterocycles. The van der Waals surface area contributed by atoms with Crippen LogP contribution < -0.4 is 5.73 Å². The normalized spacial score (nSPS) is 10.8. The van der Waals surface area contributed by atoms with E-state index in [9.17, 15) is 0 Å². The van der Waals surface area contributed by atoms with Crippen LogP contribution in [0, 0.1) is 6.92 Å². The number of aryl methyl sites for hydroxylation is 2. The first-order chi connectivity index (χ1) is 8.20. The fourth-order valence-corrected chi connectivity index (χ4v) is 2.71. The lowest BCUT2D eigenvalue weighted by molar-refractivity contribution is 0.812. The maximum Gasteiger partial charge on any atom is 0.147 e. The Morgan fingerprint density at radius 3 is 2.88 bits per heavy atom. The van der Waals surface area contributed by atoms with Gasteiger partial charge in [0.2, 0.25) is 0 Å². The lowest BCUT2D eigenvalue weighted by Gasteiger charge is -1.99. The minimum atomic E-state index is 0.699. The van der Waals surface area contributed by atoms with Crippen LogP contribution in [0.3, 0.4) is 0 Å². The van der Waals surface area contributed by atoms with Crippen molar-refractivity contribution >= 4 is 27.3 Å². The van der Waals surface area contributed by atoms with Crippen LogP contribution in [0.15, 0.2) is 22.7 Å². The summed E-state index contributed by atoms with van der Waals surface area (Å²) in [5.41, 5.74) is 7.81. The second kappa shape index (κ2) is 5.71. The molecule has 5 heteroatoms. The molecule has 0 atom stereocenters. The highest BCUT2D eigenvalue weighted by Gasteiger charge is 2.07. The van der Waals surface area contributed by atoms with Gasteiger partial charge in [0.15, 0.2) is 0 Å². The average molecular weight is 312 g/mol. The fraction of sp³-hybridized carbons (Fsp3) is 0.333. The van der Waals surface area contributed by atoms with Gasteiger partial charge in [-0.3, -0.25) is 0 Å². The second-order valence-corrected chi connectivity index (χ2v) is 5.77. The molecular weight excluding hydrogens is 298 g/mol. The molecule has 0 aliphatic rings. The van der Waals surface area contributed by atoms with Crippen LogP contribution in [-0.2, 0) is 6.42 Å². The van der Waals surface area contributed by atoms with Crippen LogP contribution in [0.1, 0.15) is 17.0 Å². The molecule has 0 fully saturated rings. The third-order valence-electron chi connectivity index (χ3n) is 2.48. The molecule has 0 bridgehead atoms. The lowest BCUT2D eigenvalue weighted by atomic mass is 10.2. The summed E-state index contributed by atoms with van der Waals surface area (Å²) in [5.74, 6) is 0. The van der Waals surface area contributed by atoms with E-state index in [0.717, 1.165) is 32.9 Å². The number of nitrogens with zero attached hydrogens (tertiary/aromatic N) is 2. The number of hydrogen-bond donors (Lipinski definition) is 1. The molecule has 2 rings (SSSR count). The number of nitrogens with two attached hydrogens (primary N) is 1. The smallest absolute Gasteiger partial charge is 0.147 e. The Labute approximate surface area is 113 Å². The molecule has 17 heavy (non-hydrogen) atoms. The highest BCUT2D eigenvalue weighted by Crippen LogP contribution is 2.28. The van der Waals surface area contributed by atoms with E-state index in [-0.39, 0.29) is 0 Å². The molecule has 90 valence electrons. The topological polar surface area (TPSA) is 51.8 Å². The van der Waals surface area contributed by atoms with Gasteiger partial charge in [-0.05, 0) is 31.5 Å². The summed E-state index contributed by atoms with van der Waals surface area (Å²) >= 11 is 5.17. The highest BCUT2D eigenvalue weighted by atomic mass is 79.9. The van der Waals surface area contributed by atoms with Crippen molar-refractivity contribution in [1.29, 1.82) is 0 Å². The first kappa shape index (κ1) is 12.7. The number of hydrogen-bond acceptors (Lipinski definition) is 4. The van der Waals surface area contributed by atoms with E-state index in [1.54, 1.807) is 11.3 Å². The molecule has 0 unspecified atom stereocenters. The Morgan fingerprint density at radius 2 is 2.18 bits per heavy atom. The maximum atomic E-state index is 5.48. The number of rotatable bonds is 4. The zero-order valence-corrected chi connectivity index (χ0v) is 12.0. The van der Waals surface area contributed by atoms with Gasteiger partial charge >= 0.3 is 0 Å². The van der Waals surface area contributed by atoms with E-state index in [4.69, 9.17) is 5.73 Å². The minimum absolute atomic E-state index is 0.699. The molecule has 3 nitrogen and oxygen atoms in total. The van der Waals surface area contributed by atoms with Crippen LogP contribution in [0.25, 0.3) is 10.6 Å². The van der Waals surface area contributed by atoms with Crippen LogP contribution in [0.4, 0.5) is 0 Å². The zero-order valence-electron chi connectivity index (χ0n) is 9.61. The summed E-state index contributed by atoms with van der Waals surface area (Å²) < 4.78 is 1.11. The van der Waals surface area contributed by atoms with E-state index in [2.05, 4.69) is 51.3 Å². The van der Waals surface area contributed by atoms with E-state index >= 15 is 0 Å². The Hall–Kier alpha value is -0.780. The van der Waals surface area contributed by atoms with Gasteiger partial charge in [0.1, 0.15) is 10.0 Å². The Kier molecular flexibility index (Phi) is 4.25. The summed E-state index contributed by atoms with van der Waals surface area (Å²) in [4.78, 5) is 0. The molecule has 0 spiro atoms. The molecule has 0 saturated heterocycles. The largest absolute Gasteiger partial charge is 0.330 e. The molecule has 0 saturated carbocycles. The number of benzene rings is 1. The van der Waals surface area contributed by atoms with Gasteiger partial charge < -0.3 is 5.73 Å². The van der Waals surface area contributed by atoms with Crippen LogP contribution in [0.5, 0.6) is 0 Å². The lowest BCUT2D eigenvalue weighted by Crippen LogP contribution is -1.99. The second-order valence-electron chi connectivity index (χ2n) is 3.86. The summed E-state index contributed by atoms with van der Waals surface area (Å²) in [6, 6.07) is 6.25. The molecule has 1 aromatic heterocycles. The fourth-order valence-electron chi connectivity index (χ4n) is 1.45. The summed E-state index contributed by atoms with van der Waals surface area (Å²) in [7, 11) is 0. The van der Waals surface area contributed by atoms with Crippen molar-refractivity contribution in [3.63, 3.8) is 0 Å². The van der Waals surface area contributed by atoms with Crippen molar-refractivity contribution in [1.82, 2.24) is 10.2 Å². The van der Waals surface area contributed by atoms with Crippen LogP contribution in [-0.4, -0.2) is 16.7 Å². The predicted molar refractivity (Wildman–Crippen MR) is 75.2 cm³/mol. The van der Waals surface area contributed by atoms with Gasteiger partial charge in [0, 0.05) is 16.5 Å². The Balaban J connectivity index is 2.21. The van der Waals surface area contributed by atoms with Crippen molar-refractivity contribution in [3.8, 4) is 10.6 Å². The van der Waals surface area contributed by atoms with Crippen molar-refractivity contribution in [2.75, 3.05) is 6.54 Å². The Morgan fingerprint density at radius 1 is 1.35 bits per heavy atom. The van der Waals surface area contributed by atoms with Crippen molar-refractivity contribution < 1.29 is 0 Å². The van der Waals surface area contributed by atoms with E-state index in [1.165, 1.54) is 5.56 Å². The SMILES string of the molecule is Cc1ccc(-c2nnc(CCCN)s2)cc1Br. The molecule has 2 N–H and O–H groups in total. The van der Waals surface area contributed by atoms with E-state index < -0.39 is 0 Å². The molecule has 0 amide bonds. The molecular formula is C12H14BrN3S. The van der Waals surface area contributed by atoms with Crippen LogP contribution >= 0.6 is 27.3 Å². The average Bonchev–Trinajstić information content (AvgIpc) is 2.79. The van der Waals surface area contributed by atoms with Gasteiger partial charge in [-0.25, -0.2) is 0 Å². The quantitative estimate of drug-likeness (QED) is 0.943. The number of aromatic nitrogens is 2. The number of halogens is 1. The molecule has 0 aliphatic carbocycles.